The highest BCUT2D eigenvalue weighted by molar-refractivity contribution is 6.30. The summed E-state index contributed by atoms with van der Waals surface area (Å²) < 4.78 is 0. The number of rotatable bonds is 4. The summed E-state index contributed by atoms with van der Waals surface area (Å²) in [6.07, 6.45) is 6.19. The Morgan fingerprint density at radius 1 is 1.46 bits per heavy atom. The standard InChI is InChI=1S/C9H14ClN3/c1-2-3-4-5-7-6-12-9(11)13-8(7)10/h6H,2-5H2,1H3,(H2,11,12,13). The Kier molecular flexibility index (Phi) is 3.96. The first-order valence-electron chi connectivity index (χ1n) is 4.51. The second-order valence-electron chi connectivity index (χ2n) is 3.00. The Balaban J connectivity index is 2.56. The van der Waals surface area contributed by atoms with Crippen LogP contribution >= 0.6 is 11.6 Å². The lowest BCUT2D eigenvalue weighted by molar-refractivity contribution is 0.714. The van der Waals surface area contributed by atoms with E-state index in [4.69, 9.17) is 17.3 Å². The third kappa shape index (κ3) is 3.19. The molecule has 0 saturated heterocycles. The van der Waals surface area contributed by atoms with Crippen molar-refractivity contribution < 1.29 is 0 Å². The summed E-state index contributed by atoms with van der Waals surface area (Å²) in [7, 11) is 0. The fraction of sp³-hybridized carbons (Fsp3) is 0.556. The van der Waals surface area contributed by atoms with Crippen molar-refractivity contribution in [2.45, 2.75) is 32.6 Å². The summed E-state index contributed by atoms with van der Waals surface area (Å²) in [6.45, 7) is 2.17. The van der Waals surface area contributed by atoms with E-state index in [-0.39, 0.29) is 5.95 Å². The Morgan fingerprint density at radius 3 is 2.85 bits per heavy atom. The monoisotopic (exact) mass is 199 g/mol. The van der Waals surface area contributed by atoms with E-state index in [1.807, 2.05) is 0 Å². The van der Waals surface area contributed by atoms with Gasteiger partial charge in [0.05, 0.1) is 0 Å². The van der Waals surface area contributed by atoms with Crippen molar-refractivity contribution >= 4 is 17.5 Å². The van der Waals surface area contributed by atoms with Crippen molar-refractivity contribution in [3.63, 3.8) is 0 Å². The SMILES string of the molecule is CCCCCc1cnc(N)nc1Cl. The third-order valence-electron chi connectivity index (χ3n) is 1.88. The first-order chi connectivity index (χ1) is 6.24. The molecule has 3 nitrogen and oxygen atoms in total. The maximum absolute atomic E-state index is 5.88. The molecule has 1 rings (SSSR count). The molecule has 1 aromatic rings. The van der Waals surface area contributed by atoms with Crippen LogP contribution in [0.4, 0.5) is 5.95 Å². The number of unbranched alkanes of at least 4 members (excludes halogenated alkanes) is 2. The van der Waals surface area contributed by atoms with Crippen LogP contribution in [0.25, 0.3) is 0 Å². The molecule has 0 unspecified atom stereocenters. The van der Waals surface area contributed by atoms with Crippen LogP contribution in [0.3, 0.4) is 0 Å². The molecule has 0 aromatic carbocycles. The lowest BCUT2D eigenvalue weighted by Gasteiger charge is -2.02. The normalized spacial score (nSPS) is 10.3. The number of anilines is 1. The summed E-state index contributed by atoms with van der Waals surface area (Å²) in [6, 6.07) is 0. The molecule has 0 atom stereocenters. The van der Waals surface area contributed by atoms with E-state index in [1.165, 1.54) is 12.8 Å². The lowest BCUT2D eigenvalue weighted by atomic mass is 10.1. The summed E-state index contributed by atoms with van der Waals surface area (Å²) in [5.41, 5.74) is 6.37. The average Bonchev–Trinajstić information content (AvgIpc) is 2.09. The second kappa shape index (κ2) is 5.02. The van der Waals surface area contributed by atoms with Crippen LogP contribution < -0.4 is 5.73 Å². The number of hydrogen-bond donors (Lipinski definition) is 1. The van der Waals surface area contributed by atoms with Crippen LogP contribution in [0.2, 0.25) is 5.15 Å². The zero-order valence-corrected chi connectivity index (χ0v) is 8.51. The molecule has 0 radical (unpaired) electrons. The topological polar surface area (TPSA) is 51.8 Å². The lowest BCUT2D eigenvalue weighted by Crippen LogP contribution is -1.98. The minimum atomic E-state index is 0.240. The Bertz CT molecular complexity index is 276. The largest absolute Gasteiger partial charge is 0.368 e. The van der Waals surface area contributed by atoms with Crippen molar-refractivity contribution in [3.05, 3.63) is 16.9 Å². The molecule has 2 N–H and O–H groups in total. The Hall–Kier alpha value is -0.830. The van der Waals surface area contributed by atoms with Crippen LogP contribution in [0.1, 0.15) is 31.7 Å². The fourth-order valence-electron chi connectivity index (χ4n) is 1.13. The quantitative estimate of drug-likeness (QED) is 0.599. The van der Waals surface area contributed by atoms with Gasteiger partial charge in [0, 0.05) is 11.8 Å². The predicted octanol–water partition coefficient (Wildman–Crippen LogP) is 2.44. The molecule has 13 heavy (non-hydrogen) atoms. The molecule has 4 heteroatoms. The van der Waals surface area contributed by atoms with Crippen LogP contribution in [0, 0.1) is 0 Å². The van der Waals surface area contributed by atoms with E-state index in [2.05, 4.69) is 16.9 Å². The van der Waals surface area contributed by atoms with Crippen LogP contribution in [0.5, 0.6) is 0 Å². The van der Waals surface area contributed by atoms with Crippen molar-refractivity contribution in [1.82, 2.24) is 9.97 Å². The number of nitrogens with two attached hydrogens (primary N) is 1. The molecular weight excluding hydrogens is 186 g/mol. The summed E-state index contributed by atoms with van der Waals surface area (Å²) in [4.78, 5) is 7.79. The molecular formula is C9H14ClN3. The number of nitrogens with zero attached hydrogens (tertiary/aromatic N) is 2. The molecule has 0 aliphatic rings. The zero-order chi connectivity index (χ0) is 9.68. The van der Waals surface area contributed by atoms with E-state index >= 15 is 0 Å². The number of aromatic nitrogens is 2. The molecule has 1 aromatic heterocycles. The number of halogens is 1. The smallest absolute Gasteiger partial charge is 0.221 e. The van der Waals surface area contributed by atoms with Gasteiger partial charge in [-0.25, -0.2) is 9.97 Å². The van der Waals surface area contributed by atoms with Gasteiger partial charge < -0.3 is 5.73 Å². The highest BCUT2D eigenvalue weighted by Gasteiger charge is 2.02. The third-order valence-corrected chi connectivity index (χ3v) is 2.21. The molecule has 0 aliphatic carbocycles. The molecule has 0 aliphatic heterocycles. The zero-order valence-electron chi connectivity index (χ0n) is 7.76. The molecule has 0 saturated carbocycles. The minimum absolute atomic E-state index is 0.240. The second-order valence-corrected chi connectivity index (χ2v) is 3.36. The molecule has 0 bridgehead atoms. The molecule has 0 amide bonds. The van der Waals surface area contributed by atoms with Gasteiger partial charge >= 0.3 is 0 Å². The van der Waals surface area contributed by atoms with Crippen LogP contribution in [-0.2, 0) is 6.42 Å². The van der Waals surface area contributed by atoms with Gasteiger partial charge in [-0.2, -0.15) is 0 Å². The van der Waals surface area contributed by atoms with E-state index < -0.39 is 0 Å². The van der Waals surface area contributed by atoms with Gasteiger partial charge in [-0.15, -0.1) is 0 Å². The maximum atomic E-state index is 5.88. The van der Waals surface area contributed by atoms with E-state index in [0.717, 1.165) is 18.4 Å². The van der Waals surface area contributed by atoms with E-state index in [0.29, 0.717) is 5.15 Å². The first kappa shape index (κ1) is 10.3. The van der Waals surface area contributed by atoms with Gasteiger partial charge in [0.15, 0.2) is 0 Å². The summed E-state index contributed by atoms with van der Waals surface area (Å²) in [5.74, 6) is 0.240. The fourth-order valence-corrected chi connectivity index (χ4v) is 1.36. The van der Waals surface area contributed by atoms with Crippen molar-refractivity contribution in [1.29, 1.82) is 0 Å². The van der Waals surface area contributed by atoms with Gasteiger partial charge in [-0.1, -0.05) is 31.4 Å². The van der Waals surface area contributed by atoms with E-state index in [1.54, 1.807) is 6.20 Å². The predicted molar refractivity (Wildman–Crippen MR) is 54.7 cm³/mol. The van der Waals surface area contributed by atoms with Crippen molar-refractivity contribution in [2.24, 2.45) is 0 Å². The van der Waals surface area contributed by atoms with Crippen molar-refractivity contribution in [2.75, 3.05) is 5.73 Å². The van der Waals surface area contributed by atoms with Crippen LogP contribution in [0.15, 0.2) is 6.20 Å². The number of nitrogen functional groups attached to an aromatic ring is 1. The van der Waals surface area contributed by atoms with Gasteiger partial charge in [-0.3, -0.25) is 0 Å². The Morgan fingerprint density at radius 2 is 2.23 bits per heavy atom. The molecule has 72 valence electrons. The number of aryl methyl sites for hydroxylation is 1. The molecule has 0 spiro atoms. The maximum Gasteiger partial charge on any atom is 0.221 e. The molecule has 1 heterocycles. The summed E-state index contributed by atoms with van der Waals surface area (Å²) >= 11 is 5.88. The van der Waals surface area contributed by atoms with E-state index in [9.17, 15) is 0 Å². The highest BCUT2D eigenvalue weighted by atomic mass is 35.5. The van der Waals surface area contributed by atoms with Gasteiger partial charge in [0.1, 0.15) is 5.15 Å². The number of hydrogen-bond acceptors (Lipinski definition) is 3. The van der Waals surface area contributed by atoms with Gasteiger partial charge in [-0.05, 0) is 12.8 Å². The Labute approximate surface area is 83.3 Å². The summed E-state index contributed by atoms with van der Waals surface area (Å²) in [5, 5.41) is 0.489. The highest BCUT2D eigenvalue weighted by Crippen LogP contribution is 2.15. The minimum Gasteiger partial charge on any atom is -0.368 e. The first-order valence-corrected chi connectivity index (χ1v) is 4.88. The van der Waals surface area contributed by atoms with Crippen LogP contribution in [-0.4, -0.2) is 9.97 Å². The molecule has 0 fully saturated rings. The van der Waals surface area contributed by atoms with Gasteiger partial charge in [0.25, 0.3) is 0 Å². The van der Waals surface area contributed by atoms with Gasteiger partial charge in [0.2, 0.25) is 5.95 Å². The average molecular weight is 200 g/mol. The van der Waals surface area contributed by atoms with Crippen molar-refractivity contribution in [3.8, 4) is 0 Å².